The molecule has 0 amide bonds. The Hall–Kier alpha value is -0.490. The van der Waals surface area contributed by atoms with Crippen LogP contribution in [0, 0.1) is 5.92 Å². The molecule has 0 unspecified atom stereocenters. The van der Waals surface area contributed by atoms with E-state index in [1.807, 2.05) is 17.5 Å². The summed E-state index contributed by atoms with van der Waals surface area (Å²) < 4.78 is 0. The first-order valence-electron chi connectivity index (χ1n) is 7.98. The Labute approximate surface area is 132 Å². The Balaban J connectivity index is 1.67. The van der Waals surface area contributed by atoms with Gasteiger partial charge in [0.1, 0.15) is 0 Å². The molecule has 1 aromatic rings. The lowest BCUT2D eigenvalue weighted by Gasteiger charge is -2.31. The van der Waals surface area contributed by atoms with E-state index in [4.69, 9.17) is 5.11 Å². The number of piperidine rings is 1. The van der Waals surface area contributed by atoms with Gasteiger partial charge in [-0.05, 0) is 38.4 Å². The predicted octanol–water partition coefficient (Wildman–Crippen LogP) is 2.23. The number of β-amino-alcohol motifs (C(OH)–C–C–N with tert-alkyl or cyclic N) is 1. The number of hydrogen-bond acceptors (Lipinski definition) is 5. The molecule has 1 saturated heterocycles. The second-order valence-electron chi connectivity index (χ2n) is 7.02. The maximum absolute atomic E-state index is 8.95. The first kappa shape index (κ1) is 16.9. The summed E-state index contributed by atoms with van der Waals surface area (Å²) in [5, 5.41) is 13.8. The van der Waals surface area contributed by atoms with Crippen molar-refractivity contribution in [2.45, 2.75) is 45.6 Å². The number of nitrogens with one attached hydrogen (secondary N) is 1. The van der Waals surface area contributed by atoms with Gasteiger partial charge in [-0.1, -0.05) is 20.8 Å². The van der Waals surface area contributed by atoms with E-state index in [-0.39, 0.29) is 12.0 Å². The van der Waals surface area contributed by atoms with Gasteiger partial charge in [0.05, 0.1) is 11.6 Å². The lowest BCUT2D eigenvalue weighted by atomic mass is 9.97. The highest BCUT2D eigenvalue weighted by molar-refractivity contribution is 7.11. The molecule has 1 aliphatic rings. The molecule has 21 heavy (non-hydrogen) atoms. The highest BCUT2D eigenvalue weighted by Gasteiger charge is 2.19. The predicted molar refractivity (Wildman–Crippen MR) is 88.8 cm³/mol. The molecule has 0 aromatic carbocycles. The van der Waals surface area contributed by atoms with Gasteiger partial charge in [0.25, 0.3) is 0 Å². The number of aliphatic hydroxyl groups is 1. The van der Waals surface area contributed by atoms with Gasteiger partial charge in [-0.3, -0.25) is 0 Å². The summed E-state index contributed by atoms with van der Waals surface area (Å²) in [6.45, 7) is 12.0. The van der Waals surface area contributed by atoms with E-state index >= 15 is 0 Å². The number of nitrogens with zero attached hydrogens (tertiary/aromatic N) is 2. The van der Waals surface area contributed by atoms with E-state index in [2.05, 4.69) is 36.0 Å². The maximum atomic E-state index is 8.95. The average molecular weight is 311 g/mol. The minimum Gasteiger partial charge on any atom is -0.395 e. The smallest absolute Gasteiger partial charge is 0.0981 e. The van der Waals surface area contributed by atoms with Gasteiger partial charge >= 0.3 is 0 Å². The summed E-state index contributed by atoms with van der Waals surface area (Å²) in [5.41, 5.74) is 0.155. The van der Waals surface area contributed by atoms with Gasteiger partial charge < -0.3 is 15.3 Å². The van der Waals surface area contributed by atoms with Crippen molar-refractivity contribution in [3.63, 3.8) is 0 Å². The summed E-state index contributed by atoms with van der Waals surface area (Å²) >= 11 is 1.82. The Morgan fingerprint density at radius 2 is 2.10 bits per heavy atom. The zero-order valence-corrected chi connectivity index (χ0v) is 14.4. The first-order chi connectivity index (χ1) is 9.99. The summed E-state index contributed by atoms with van der Waals surface area (Å²) in [6.07, 6.45) is 4.49. The Kier molecular flexibility index (Phi) is 6.17. The normalized spacial score (nSPS) is 18.3. The molecule has 0 radical (unpaired) electrons. The van der Waals surface area contributed by atoms with Crippen LogP contribution in [0.15, 0.2) is 6.20 Å². The number of thiazole rings is 1. The van der Waals surface area contributed by atoms with Crippen LogP contribution in [0.4, 0.5) is 0 Å². The number of aromatic nitrogens is 1. The van der Waals surface area contributed by atoms with Crippen LogP contribution in [0.5, 0.6) is 0 Å². The topological polar surface area (TPSA) is 48.4 Å². The molecule has 0 saturated carbocycles. The highest BCUT2D eigenvalue weighted by Crippen LogP contribution is 2.26. The second-order valence-corrected chi connectivity index (χ2v) is 8.14. The van der Waals surface area contributed by atoms with E-state index in [1.54, 1.807) is 0 Å². The zero-order chi connectivity index (χ0) is 15.3. The van der Waals surface area contributed by atoms with Crippen LogP contribution in [0.1, 0.15) is 43.5 Å². The number of aliphatic hydroxyl groups excluding tert-OH is 1. The van der Waals surface area contributed by atoms with Crippen molar-refractivity contribution in [1.29, 1.82) is 0 Å². The Morgan fingerprint density at radius 3 is 2.67 bits per heavy atom. The molecular formula is C16H29N3OS. The molecule has 0 atom stereocenters. The van der Waals surface area contributed by atoms with Crippen LogP contribution in [0.3, 0.4) is 0 Å². The van der Waals surface area contributed by atoms with Gasteiger partial charge in [0.2, 0.25) is 0 Å². The molecular weight excluding hydrogens is 282 g/mol. The fraction of sp³-hybridized carbons (Fsp3) is 0.812. The lowest BCUT2D eigenvalue weighted by molar-refractivity contribution is 0.146. The number of likely N-dealkylation sites (tertiary alicyclic amines) is 1. The summed E-state index contributed by atoms with van der Waals surface area (Å²) in [6, 6.07) is 0. The van der Waals surface area contributed by atoms with Crippen molar-refractivity contribution < 1.29 is 5.11 Å². The summed E-state index contributed by atoms with van der Waals surface area (Å²) in [5.74, 6) is 0.773. The Morgan fingerprint density at radius 1 is 1.38 bits per heavy atom. The molecule has 1 aromatic heterocycles. The maximum Gasteiger partial charge on any atom is 0.0981 e. The van der Waals surface area contributed by atoms with Crippen molar-refractivity contribution in [1.82, 2.24) is 15.2 Å². The van der Waals surface area contributed by atoms with Crippen molar-refractivity contribution in [3.8, 4) is 0 Å². The quantitative estimate of drug-likeness (QED) is 0.846. The van der Waals surface area contributed by atoms with Gasteiger partial charge in [-0.15, -0.1) is 11.3 Å². The monoisotopic (exact) mass is 311 g/mol. The second kappa shape index (κ2) is 7.68. The molecule has 4 nitrogen and oxygen atoms in total. The standard InChI is InChI=1S/C16H29N3OS/c1-16(2,3)15-18-12-14(21-15)11-17-10-13-4-6-19(7-5-13)8-9-20/h12-13,17,20H,4-11H2,1-3H3. The van der Waals surface area contributed by atoms with Crippen LogP contribution >= 0.6 is 11.3 Å². The van der Waals surface area contributed by atoms with Gasteiger partial charge in [0, 0.05) is 29.6 Å². The van der Waals surface area contributed by atoms with Crippen molar-refractivity contribution in [2.24, 2.45) is 5.92 Å². The van der Waals surface area contributed by atoms with Crippen LogP contribution in [0.2, 0.25) is 0 Å². The van der Waals surface area contributed by atoms with E-state index in [0.717, 1.165) is 38.6 Å². The van der Waals surface area contributed by atoms with Gasteiger partial charge in [0.15, 0.2) is 0 Å². The fourth-order valence-electron chi connectivity index (χ4n) is 2.69. The largest absolute Gasteiger partial charge is 0.395 e. The molecule has 1 aliphatic heterocycles. The molecule has 1 fully saturated rings. The minimum atomic E-state index is 0.155. The highest BCUT2D eigenvalue weighted by atomic mass is 32.1. The lowest BCUT2D eigenvalue weighted by Crippen LogP contribution is -2.38. The fourth-order valence-corrected chi connectivity index (χ4v) is 3.63. The van der Waals surface area contributed by atoms with Crippen LogP contribution in [-0.4, -0.2) is 47.8 Å². The number of hydrogen-bond donors (Lipinski definition) is 2. The molecule has 2 rings (SSSR count). The van der Waals surface area contributed by atoms with Crippen molar-refractivity contribution in [2.75, 3.05) is 32.8 Å². The van der Waals surface area contributed by atoms with Gasteiger partial charge in [-0.25, -0.2) is 4.98 Å². The summed E-state index contributed by atoms with van der Waals surface area (Å²) in [4.78, 5) is 8.22. The first-order valence-corrected chi connectivity index (χ1v) is 8.80. The molecule has 120 valence electrons. The SMILES string of the molecule is CC(C)(C)c1ncc(CNCC2CCN(CCO)CC2)s1. The van der Waals surface area contributed by atoms with Crippen LogP contribution in [-0.2, 0) is 12.0 Å². The Bertz CT molecular complexity index is 419. The van der Waals surface area contributed by atoms with Crippen molar-refractivity contribution in [3.05, 3.63) is 16.1 Å². The molecule has 0 aliphatic carbocycles. The van der Waals surface area contributed by atoms with E-state index in [0.29, 0.717) is 0 Å². The van der Waals surface area contributed by atoms with E-state index in [9.17, 15) is 0 Å². The molecule has 5 heteroatoms. The molecule has 0 spiro atoms. The molecule has 2 heterocycles. The molecule has 2 N–H and O–H groups in total. The zero-order valence-electron chi connectivity index (χ0n) is 13.6. The minimum absolute atomic E-state index is 0.155. The third kappa shape index (κ3) is 5.33. The van der Waals surface area contributed by atoms with E-state index < -0.39 is 0 Å². The van der Waals surface area contributed by atoms with Crippen LogP contribution in [0.25, 0.3) is 0 Å². The summed E-state index contributed by atoms with van der Waals surface area (Å²) in [7, 11) is 0. The van der Waals surface area contributed by atoms with E-state index in [1.165, 1.54) is 22.7 Å². The van der Waals surface area contributed by atoms with Gasteiger partial charge in [-0.2, -0.15) is 0 Å². The molecule has 0 bridgehead atoms. The third-order valence-corrected chi connectivity index (χ3v) is 5.47. The average Bonchev–Trinajstić information content (AvgIpc) is 2.90. The van der Waals surface area contributed by atoms with Crippen molar-refractivity contribution >= 4 is 11.3 Å². The third-order valence-electron chi connectivity index (χ3n) is 4.05. The number of rotatable bonds is 6. The van der Waals surface area contributed by atoms with Crippen LogP contribution < -0.4 is 5.32 Å².